The molecule has 1 aromatic carbocycles. The van der Waals surface area contributed by atoms with Crippen LogP contribution in [-0.2, 0) is 27.3 Å². The van der Waals surface area contributed by atoms with Crippen molar-refractivity contribution in [2.75, 3.05) is 26.5 Å². The Bertz CT molecular complexity index is 1460. The Morgan fingerprint density at radius 3 is 2.67 bits per heavy atom. The number of rotatable bonds is 11. The zero-order valence-electron chi connectivity index (χ0n) is 23.3. The summed E-state index contributed by atoms with van der Waals surface area (Å²) >= 11 is 0. The number of aromatic amines is 1. The summed E-state index contributed by atoms with van der Waals surface area (Å²) in [5.74, 6) is -0.430. The standard InChI is InChI=1S/C28H35FN6O5/c1-17(2)13-18-14-19(29)15-22-25(18)33-23(30-22)16-35-12-8-10-21(27(35)38)31-26(37)20(32-28(39)40-5)9-6-7-11-24(36)34(3)4/h7-8,10-12,14-15,17,20H,6,9,13,16H2,1-5H3,(H,30,33)(H,31,37)(H,32,39). The summed E-state index contributed by atoms with van der Waals surface area (Å²) in [7, 11) is 4.41. The zero-order valence-corrected chi connectivity index (χ0v) is 23.3. The molecule has 3 rings (SSSR count). The molecule has 0 spiro atoms. The summed E-state index contributed by atoms with van der Waals surface area (Å²) in [4.78, 5) is 58.8. The number of alkyl carbamates (subject to hydrolysis) is 1. The largest absolute Gasteiger partial charge is 0.453 e. The van der Waals surface area contributed by atoms with Gasteiger partial charge in [0.1, 0.15) is 23.4 Å². The van der Waals surface area contributed by atoms with Crippen molar-refractivity contribution in [2.45, 2.75) is 45.7 Å². The van der Waals surface area contributed by atoms with Crippen LogP contribution in [0.5, 0.6) is 0 Å². The van der Waals surface area contributed by atoms with Gasteiger partial charge in [-0.15, -0.1) is 0 Å². The van der Waals surface area contributed by atoms with Crippen molar-refractivity contribution in [3.05, 3.63) is 70.2 Å². The number of halogens is 1. The lowest BCUT2D eigenvalue weighted by atomic mass is 10.0. The van der Waals surface area contributed by atoms with Crippen LogP contribution in [-0.4, -0.2) is 64.6 Å². The maximum atomic E-state index is 14.2. The summed E-state index contributed by atoms with van der Waals surface area (Å²) in [6, 6.07) is 4.88. The molecule has 0 aliphatic rings. The molecule has 3 amide bonds. The average Bonchev–Trinajstić information content (AvgIpc) is 3.29. The minimum atomic E-state index is -1.02. The van der Waals surface area contributed by atoms with Crippen LogP contribution in [0, 0.1) is 11.7 Å². The number of nitrogens with zero attached hydrogens (tertiary/aromatic N) is 3. The molecule has 0 saturated carbocycles. The molecule has 0 bridgehead atoms. The summed E-state index contributed by atoms with van der Waals surface area (Å²) in [6.07, 6.45) is 4.85. The molecule has 3 N–H and O–H groups in total. The van der Waals surface area contributed by atoms with E-state index in [2.05, 4.69) is 25.3 Å². The Kier molecular flexibility index (Phi) is 10.2. The maximum Gasteiger partial charge on any atom is 0.407 e. The second kappa shape index (κ2) is 13.5. The first-order chi connectivity index (χ1) is 19.0. The average molecular weight is 555 g/mol. The van der Waals surface area contributed by atoms with Crippen LogP contribution >= 0.6 is 0 Å². The van der Waals surface area contributed by atoms with Crippen molar-refractivity contribution in [3.8, 4) is 0 Å². The van der Waals surface area contributed by atoms with E-state index >= 15 is 0 Å². The summed E-state index contributed by atoms with van der Waals surface area (Å²) < 4.78 is 20.1. The number of H-pyrrole nitrogens is 1. The van der Waals surface area contributed by atoms with E-state index < -0.39 is 23.6 Å². The number of imidazole rings is 1. The van der Waals surface area contributed by atoms with Crippen LogP contribution < -0.4 is 16.2 Å². The number of fused-ring (bicyclic) bond motifs is 1. The van der Waals surface area contributed by atoms with E-state index in [4.69, 9.17) is 0 Å². The smallest absolute Gasteiger partial charge is 0.407 e. The molecular formula is C28H35FN6O5. The van der Waals surface area contributed by atoms with Crippen molar-refractivity contribution >= 4 is 34.6 Å². The van der Waals surface area contributed by atoms with E-state index in [0.29, 0.717) is 35.6 Å². The number of methoxy groups -OCH3 is 1. The molecule has 0 aliphatic carbocycles. The molecule has 12 heteroatoms. The van der Waals surface area contributed by atoms with Gasteiger partial charge < -0.3 is 29.8 Å². The number of hydrogen-bond acceptors (Lipinski definition) is 6. The molecule has 214 valence electrons. The van der Waals surface area contributed by atoms with Crippen LogP contribution in [0.3, 0.4) is 0 Å². The summed E-state index contributed by atoms with van der Waals surface area (Å²) in [5, 5.41) is 5.03. The van der Waals surface area contributed by atoms with Gasteiger partial charge in [0.05, 0.1) is 24.7 Å². The predicted octanol–water partition coefficient (Wildman–Crippen LogP) is 3.20. The van der Waals surface area contributed by atoms with Gasteiger partial charge in [-0.2, -0.15) is 0 Å². The van der Waals surface area contributed by atoms with Crippen LogP contribution in [0.4, 0.5) is 14.9 Å². The second-order valence-electron chi connectivity index (χ2n) is 9.99. The highest BCUT2D eigenvalue weighted by molar-refractivity contribution is 5.96. The SMILES string of the molecule is COC(=O)NC(CCC=CC(=O)N(C)C)C(=O)Nc1cccn(Cc2nc3c(CC(C)C)cc(F)cc3[nH]2)c1=O. The second-order valence-corrected chi connectivity index (χ2v) is 9.99. The van der Waals surface area contributed by atoms with Crippen molar-refractivity contribution in [2.24, 2.45) is 5.92 Å². The van der Waals surface area contributed by atoms with Gasteiger partial charge >= 0.3 is 6.09 Å². The Balaban J connectivity index is 1.78. The maximum absolute atomic E-state index is 14.2. The minimum absolute atomic E-state index is 0.00476. The van der Waals surface area contributed by atoms with Gasteiger partial charge in [-0.1, -0.05) is 19.9 Å². The summed E-state index contributed by atoms with van der Waals surface area (Å²) in [5.41, 5.74) is 1.50. The monoisotopic (exact) mass is 554 g/mol. The lowest BCUT2D eigenvalue weighted by Crippen LogP contribution is -2.44. The third-order valence-corrected chi connectivity index (χ3v) is 6.02. The van der Waals surface area contributed by atoms with Gasteiger partial charge in [-0.05, 0) is 61.1 Å². The molecule has 40 heavy (non-hydrogen) atoms. The highest BCUT2D eigenvalue weighted by Crippen LogP contribution is 2.22. The number of likely N-dealkylation sites (N-methyl/N-ethyl adjacent to an activating group) is 1. The lowest BCUT2D eigenvalue weighted by molar-refractivity contribution is -0.123. The molecule has 1 atom stereocenters. The highest BCUT2D eigenvalue weighted by atomic mass is 19.1. The molecule has 2 heterocycles. The highest BCUT2D eigenvalue weighted by Gasteiger charge is 2.22. The fraction of sp³-hybridized carbons (Fsp3) is 0.393. The van der Waals surface area contributed by atoms with E-state index in [1.165, 1.54) is 40.9 Å². The lowest BCUT2D eigenvalue weighted by Gasteiger charge is -2.17. The number of aromatic nitrogens is 3. The van der Waals surface area contributed by atoms with E-state index in [1.807, 2.05) is 13.8 Å². The number of allylic oxidation sites excluding steroid dienone is 1. The molecule has 0 fully saturated rings. The molecule has 0 radical (unpaired) electrons. The van der Waals surface area contributed by atoms with Gasteiger partial charge in [0.2, 0.25) is 11.8 Å². The number of carbonyl (C=O) groups excluding carboxylic acids is 3. The third-order valence-electron chi connectivity index (χ3n) is 6.02. The van der Waals surface area contributed by atoms with Crippen molar-refractivity contribution in [1.29, 1.82) is 0 Å². The van der Waals surface area contributed by atoms with E-state index in [9.17, 15) is 23.6 Å². The van der Waals surface area contributed by atoms with Gasteiger partial charge in [0, 0.05) is 20.3 Å². The molecule has 2 aromatic heterocycles. The van der Waals surface area contributed by atoms with E-state index in [-0.39, 0.29) is 30.4 Å². The first-order valence-electron chi connectivity index (χ1n) is 12.9. The number of ether oxygens (including phenoxy) is 1. The minimum Gasteiger partial charge on any atom is -0.453 e. The number of nitrogens with one attached hydrogen (secondary N) is 3. The number of anilines is 1. The van der Waals surface area contributed by atoms with Crippen LogP contribution in [0.25, 0.3) is 11.0 Å². The quantitative estimate of drug-likeness (QED) is 0.311. The normalized spacial score (nSPS) is 12.1. The van der Waals surface area contributed by atoms with Crippen LogP contribution in [0.2, 0.25) is 0 Å². The van der Waals surface area contributed by atoms with Gasteiger partial charge in [-0.3, -0.25) is 14.4 Å². The molecule has 0 saturated heterocycles. The van der Waals surface area contributed by atoms with Gasteiger partial charge in [0.15, 0.2) is 0 Å². The first kappa shape index (κ1) is 30.1. The number of benzene rings is 1. The Hall–Kier alpha value is -4.48. The van der Waals surface area contributed by atoms with Gasteiger partial charge in [-0.25, -0.2) is 14.2 Å². The first-order valence-corrected chi connectivity index (χ1v) is 12.9. The molecule has 3 aromatic rings. The van der Waals surface area contributed by atoms with Crippen molar-refractivity contribution in [3.63, 3.8) is 0 Å². The fourth-order valence-electron chi connectivity index (χ4n) is 4.08. The van der Waals surface area contributed by atoms with E-state index in [0.717, 1.165) is 5.56 Å². The Morgan fingerprint density at radius 2 is 2.00 bits per heavy atom. The topological polar surface area (TPSA) is 138 Å². The fourth-order valence-corrected chi connectivity index (χ4v) is 4.08. The zero-order chi connectivity index (χ0) is 29.4. The molecule has 0 aliphatic heterocycles. The molecule has 11 nitrogen and oxygen atoms in total. The predicted molar refractivity (Wildman–Crippen MR) is 149 cm³/mol. The molecular weight excluding hydrogens is 519 g/mol. The van der Waals surface area contributed by atoms with Gasteiger partial charge in [0.25, 0.3) is 5.56 Å². The molecule has 1 unspecified atom stereocenters. The number of amides is 3. The Labute approximate surface area is 231 Å². The number of hydrogen-bond donors (Lipinski definition) is 3. The Morgan fingerprint density at radius 1 is 1.25 bits per heavy atom. The number of pyridine rings is 1. The third kappa shape index (κ3) is 8.01. The van der Waals surface area contributed by atoms with Crippen molar-refractivity contribution in [1.82, 2.24) is 24.8 Å². The number of carbonyl (C=O) groups is 3. The van der Waals surface area contributed by atoms with Crippen LogP contribution in [0.1, 0.15) is 38.1 Å². The van der Waals surface area contributed by atoms with Crippen molar-refractivity contribution < 1.29 is 23.5 Å². The summed E-state index contributed by atoms with van der Waals surface area (Å²) in [6.45, 7) is 4.14. The van der Waals surface area contributed by atoms with E-state index in [1.54, 1.807) is 32.4 Å². The van der Waals surface area contributed by atoms with Crippen LogP contribution in [0.15, 0.2) is 47.4 Å².